The normalized spacial score (nSPS) is 16.6. The van der Waals surface area contributed by atoms with Crippen molar-refractivity contribution < 1.29 is 8.42 Å². The molecule has 1 aliphatic carbocycles. The molecule has 1 saturated carbocycles. The van der Waals surface area contributed by atoms with Gasteiger partial charge in [0.1, 0.15) is 0 Å². The Hall–Kier alpha value is -0.870. The molecule has 0 saturated heterocycles. The van der Waals surface area contributed by atoms with Crippen molar-refractivity contribution in [1.29, 1.82) is 0 Å². The van der Waals surface area contributed by atoms with E-state index >= 15 is 0 Å². The minimum absolute atomic E-state index is 0.451. The lowest BCUT2D eigenvalue weighted by atomic mass is 9.86. The van der Waals surface area contributed by atoms with Gasteiger partial charge in [-0.25, -0.2) is 13.1 Å². The number of sulfonamides is 1. The van der Waals surface area contributed by atoms with Gasteiger partial charge in [0.2, 0.25) is 10.0 Å². The molecule has 0 amide bonds. The highest BCUT2D eigenvalue weighted by Gasteiger charge is 2.23. The van der Waals surface area contributed by atoms with E-state index in [1.807, 2.05) is 32.9 Å². The van der Waals surface area contributed by atoms with Gasteiger partial charge in [-0.3, -0.25) is 0 Å². The minimum atomic E-state index is -3.36. The number of hydrogen-bond donors (Lipinski definition) is 1. The van der Waals surface area contributed by atoms with Crippen LogP contribution >= 0.6 is 0 Å². The van der Waals surface area contributed by atoms with E-state index in [-0.39, 0.29) is 0 Å². The summed E-state index contributed by atoms with van der Waals surface area (Å²) >= 11 is 0. The first-order valence-electron chi connectivity index (χ1n) is 6.47. The molecule has 0 bridgehead atoms. The first-order chi connectivity index (χ1) is 8.40. The molecule has 0 unspecified atom stereocenters. The van der Waals surface area contributed by atoms with Gasteiger partial charge in [-0.2, -0.15) is 0 Å². The highest BCUT2D eigenvalue weighted by atomic mass is 32.2. The van der Waals surface area contributed by atoms with Gasteiger partial charge in [0.15, 0.2) is 0 Å². The average molecular weight is 267 g/mol. The summed E-state index contributed by atoms with van der Waals surface area (Å²) in [7, 11) is -3.36. The number of benzene rings is 1. The number of aryl methyl sites for hydroxylation is 3. The molecular weight excluding hydrogens is 246 g/mol. The van der Waals surface area contributed by atoms with Crippen LogP contribution in [0.2, 0.25) is 0 Å². The minimum Gasteiger partial charge on any atom is -0.211 e. The SMILES string of the molecule is Cc1cc(C)c(S(=O)(=O)NCC2CCC2)c(C)c1. The summed E-state index contributed by atoms with van der Waals surface area (Å²) in [4.78, 5) is 0.451. The van der Waals surface area contributed by atoms with Crippen molar-refractivity contribution >= 4 is 10.0 Å². The van der Waals surface area contributed by atoms with Crippen molar-refractivity contribution in [3.05, 3.63) is 28.8 Å². The van der Waals surface area contributed by atoms with Crippen LogP contribution in [0.4, 0.5) is 0 Å². The summed E-state index contributed by atoms with van der Waals surface area (Å²) in [6.07, 6.45) is 3.53. The van der Waals surface area contributed by atoms with Gasteiger partial charge in [-0.1, -0.05) is 24.1 Å². The van der Waals surface area contributed by atoms with E-state index in [1.165, 1.54) is 6.42 Å². The molecule has 1 aliphatic rings. The van der Waals surface area contributed by atoms with Gasteiger partial charge in [0, 0.05) is 6.54 Å². The fraction of sp³-hybridized carbons (Fsp3) is 0.571. The quantitative estimate of drug-likeness (QED) is 0.911. The van der Waals surface area contributed by atoms with E-state index in [0.717, 1.165) is 29.5 Å². The van der Waals surface area contributed by atoms with E-state index in [0.29, 0.717) is 17.4 Å². The van der Waals surface area contributed by atoms with Crippen molar-refractivity contribution in [3.8, 4) is 0 Å². The zero-order valence-corrected chi connectivity index (χ0v) is 12.1. The Morgan fingerprint density at radius 2 is 1.72 bits per heavy atom. The molecule has 0 heterocycles. The summed E-state index contributed by atoms with van der Waals surface area (Å²) in [5.41, 5.74) is 2.75. The number of rotatable bonds is 4. The highest BCUT2D eigenvalue weighted by Crippen LogP contribution is 2.27. The van der Waals surface area contributed by atoms with E-state index in [9.17, 15) is 8.42 Å². The van der Waals surface area contributed by atoms with Crippen LogP contribution in [0.5, 0.6) is 0 Å². The molecule has 3 nitrogen and oxygen atoms in total. The smallest absolute Gasteiger partial charge is 0.211 e. The second-order valence-electron chi connectivity index (χ2n) is 5.38. The zero-order valence-electron chi connectivity index (χ0n) is 11.3. The molecule has 1 aromatic carbocycles. The Bertz CT molecular complexity index is 522. The number of nitrogens with one attached hydrogen (secondary N) is 1. The van der Waals surface area contributed by atoms with Crippen LogP contribution in [-0.2, 0) is 10.0 Å². The van der Waals surface area contributed by atoms with E-state index < -0.39 is 10.0 Å². The Labute approximate surface area is 110 Å². The lowest BCUT2D eigenvalue weighted by molar-refractivity contribution is 0.316. The molecule has 0 atom stereocenters. The predicted molar refractivity (Wildman–Crippen MR) is 73.2 cm³/mol. The second-order valence-corrected chi connectivity index (χ2v) is 7.08. The van der Waals surface area contributed by atoms with E-state index in [4.69, 9.17) is 0 Å². The number of hydrogen-bond acceptors (Lipinski definition) is 2. The van der Waals surface area contributed by atoms with Crippen molar-refractivity contribution in [2.45, 2.75) is 44.9 Å². The third-order valence-corrected chi connectivity index (χ3v) is 5.39. The molecule has 1 fully saturated rings. The first-order valence-corrected chi connectivity index (χ1v) is 7.96. The molecule has 0 aliphatic heterocycles. The van der Waals surface area contributed by atoms with Crippen molar-refractivity contribution in [1.82, 2.24) is 4.72 Å². The first kappa shape index (κ1) is 13.6. The zero-order chi connectivity index (χ0) is 13.3. The molecule has 4 heteroatoms. The molecule has 2 rings (SSSR count). The lowest BCUT2D eigenvalue weighted by Crippen LogP contribution is -2.33. The van der Waals surface area contributed by atoms with Crippen LogP contribution in [0.3, 0.4) is 0 Å². The lowest BCUT2D eigenvalue weighted by Gasteiger charge is -2.25. The molecule has 0 radical (unpaired) electrons. The molecule has 1 N–H and O–H groups in total. The van der Waals surface area contributed by atoms with Crippen molar-refractivity contribution in [2.24, 2.45) is 5.92 Å². The third kappa shape index (κ3) is 2.75. The topological polar surface area (TPSA) is 46.2 Å². The summed E-state index contributed by atoms with van der Waals surface area (Å²) in [6.45, 7) is 6.28. The van der Waals surface area contributed by atoms with Crippen LogP contribution in [0.1, 0.15) is 36.0 Å². The van der Waals surface area contributed by atoms with Gasteiger partial charge in [0.25, 0.3) is 0 Å². The monoisotopic (exact) mass is 267 g/mol. The Morgan fingerprint density at radius 1 is 1.17 bits per heavy atom. The summed E-state index contributed by atoms with van der Waals surface area (Å²) in [5.74, 6) is 0.533. The highest BCUT2D eigenvalue weighted by molar-refractivity contribution is 7.89. The summed E-state index contributed by atoms with van der Waals surface area (Å²) in [6, 6.07) is 3.84. The largest absolute Gasteiger partial charge is 0.241 e. The van der Waals surface area contributed by atoms with Gasteiger partial charge < -0.3 is 0 Å². The van der Waals surface area contributed by atoms with Crippen LogP contribution in [0.25, 0.3) is 0 Å². The maximum absolute atomic E-state index is 12.3. The average Bonchev–Trinajstić information content (AvgIpc) is 2.11. The van der Waals surface area contributed by atoms with Crippen molar-refractivity contribution in [3.63, 3.8) is 0 Å². The summed E-state index contributed by atoms with van der Waals surface area (Å²) < 4.78 is 27.4. The maximum Gasteiger partial charge on any atom is 0.241 e. The van der Waals surface area contributed by atoms with Crippen molar-refractivity contribution in [2.75, 3.05) is 6.54 Å². The van der Waals surface area contributed by atoms with Crippen LogP contribution < -0.4 is 4.72 Å². The summed E-state index contributed by atoms with van der Waals surface area (Å²) in [5, 5.41) is 0. The van der Waals surface area contributed by atoms with E-state index in [1.54, 1.807) is 0 Å². The molecule has 0 spiro atoms. The molecule has 18 heavy (non-hydrogen) atoms. The van der Waals surface area contributed by atoms with Gasteiger partial charge in [-0.05, 0) is 50.7 Å². The molecule has 1 aromatic rings. The van der Waals surface area contributed by atoms with Crippen LogP contribution in [0.15, 0.2) is 17.0 Å². The molecule has 100 valence electrons. The van der Waals surface area contributed by atoms with E-state index in [2.05, 4.69) is 4.72 Å². The second kappa shape index (κ2) is 5.02. The maximum atomic E-state index is 12.3. The fourth-order valence-electron chi connectivity index (χ4n) is 2.59. The fourth-order valence-corrected chi connectivity index (χ4v) is 4.15. The molecular formula is C14H21NO2S. The van der Waals surface area contributed by atoms with Crippen LogP contribution in [-0.4, -0.2) is 15.0 Å². The van der Waals surface area contributed by atoms with Gasteiger partial charge >= 0.3 is 0 Å². The Balaban J connectivity index is 2.23. The van der Waals surface area contributed by atoms with Crippen LogP contribution in [0, 0.1) is 26.7 Å². The van der Waals surface area contributed by atoms with Gasteiger partial charge in [-0.15, -0.1) is 0 Å². The van der Waals surface area contributed by atoms with Gasteiger partial charge in [0.05, 0.1) is 4.90 Å². The Morgan fingerprint density at radius 3 is 2.17 bits per heavy atom. The third-order valence-electron chi connectivity index (χ3n) is 3.66. The standard InChI is InChI=1S/C14H21NO2S/c1-10-7-11(2)14(12(3)8-10)18(16,17)15-9-13-5-4-6-13/h7-8,13,15H,4-6,9H2,1-3H3. The molecule has 0 aromatic heterocycles. The predicted octanol–water partition coefficient (Wildman–Crippen LogP) is 2.69. The Kier molecular flexibility index (Phi) is 3.78.